The Morgan fingerprint density at radius 3 is 2.33 bits per heavy atom. The summed E-state index contributed by atoms with van der Waals surface area (Å²) in [4.78, 5) is 42.5. The van der Waals surface area contributed by atoms with Crippen molar-refractivity contribution in [2.24, 2.45) is 0 Å². The van der Waals surface area contributed by atoms with E-state index in [4.69, 9.17) is 18.9 Å². The number of anilines is 1. The first-order valence-corrected chi connectivity index (χ1v) is 14.7. The van der Waals surface area contributed by atoms with Gasteiger partial charge >= 0.3 is 0 Å². The topological polar surface area (TPSA) is 103 Å². The highest BCUT2D eigenvalue weighted by Gasteiger charge is 2.26. The lowest BCUT2D eigenvalue weighted by Crippen LogP contribution is -2.38. The van der Waals surface area contributed by atoms with Gasteiger partial charge in [0, 0.05) is 50.7 Å². The van der Waals surface area contributed by atoms with Crippen LogP contribution in [0.3, 0.4) is 0 Å². The molecule has 230 valence electrons. The molecule has 1 heterocycles. The number of ether oxygens (including phenoxy) is 4. The largest absolute Gasteiger partial charge is 0.494 e. The minimum Gasteiger partial charge on any atom is -0.494 e. The number of rotatable bonds is 13. The SMILES string of the molecule is COCCCC(=O)c1cc(C(C)(C)C)cc(NC(=O)C(=O)c2ccc(OCCN3CCOCC3)c3ccccc23)c1OC. The maximum absolute atomic E-state index is 13.6. The van der Waals surface area contributed by atoms with E-state index in [9.17, 15) is 14.4 Å². The smallest absolute Gasteiger partial charge is 0.296 e. The lowest BCUT2D eigenvalue weighted by molar-refractivity contribution is -0.112. The molecule has 3 aromatic carbocycles. The van der Waals surface area contributed by atoms with E-state index in [2.05, 4.69) is 10.2 Å². The zero-order chi connectivity index (χ0) is 31.0. The van der Waals surface area contributed by atoms with Gasteiger partial charge in [-0.2, -0.15) is 0 Å². The first kappa shape index (κ1) is 32.1. The van der Waals surface area contributed by atoms with E-state index in [0.29, 0.717) is 36.3 Å². The highest BCUT2D eigenvalue weighted by molar-refractivity contribution is 6.48. The molecule has 1 saturated heterocycles. The summed E-state index contributed by atoms with van der Waals surface area (Å²) in [5.74, 6) is -0.778. The molecule has 1 fully saturated rings. The van der Waals surface area contributed by atoms with Crippen LogP contribution >= 0.6 is 0 Å². The Kier molecular flexibility index (Phi) is 10.9. The number of morpholine rings is 1. The van der Waals surface area contributed by atoms with Gasteiger partial charge in [-0.1, -0.05) is 45.0 Å². The molecule has 1 aliphatic rings. The molecular formula is C34H42N2O7. The molecule has 0 unspecified atom stereocenters. The number of fused-ring (bicyclic) bond motifs is 1. The van der Waals surface area contributed by atoms with Gasteiger partial charge in [0.15, 0.2) is 11.5 Å². The Bertz CT molecular complexity index is 1460. The van der Waals surface area contributed by atoms with E-state index in [1.165, 1.54) is 7.11 Å². The van der Waals surface area contributed by atoms with Crippen molar-refractivity contribution in [2.45, 2.75) is 39.0 Å². The Balaban J connectivity index is 1.59. The van der Waals surface area contributed by atoms with Gasteiger partial charge in [0.05, 0.1) is 31.6 Å². The van der Waals surface area contributed by atoms with Crippen molar-refractivity contribution < 1.29 is 33.3 Å². The third-order valence-corrected chi connectivity index (χ3v) is 7.56. The van der Waals surface area contributed by atoms with Gasteiger partial charge in [0.1, 0.15) is 12.4 Å². The standard InChI is InChI=1S/C34H42N2O7/c1-34(2,3)23-21-27(29(37)11-8-17-40-4)32(41-5)28(22-23)35-33(39)31(38)26-12-13-30(25-10-7-6-9-24(25)26)43-20-16-36-14-18-42-19-15-36/h6-7,9-10,12-13,21-22H,8,11,14-20H2,1-5H3,(H,35,39). The molecule has 0 bridgehead atoms. The fourth-order valence-corrected chi connectivity index (χ4v) is 5.10. The van der Waals surface area contributed by atoms with Crippen LogP contribution in [0.1, 0.15) is 59.9 Å². The number of carbonyl (C=O) groups excluding carboxylic acids is 3. The third kappa shape index (κ3) is 7.98. The molecule has 0 spiro atoms. The molecule has 43 heavy (non-hydrogen) atoms. The Morgan fingerprint density at radius 2 is 1.65 bits per heavy atom. The van der Waals surface area contributed by atoms with Crippen molar-refractivity contribution in [3.05, 3.63) is 65.2 Å². The molecule has 4 rings (SSSR count). The van der Waals surface area contributed by atoms with E-state index >= 15 is 0 Å². The number of ketones is 2. The van der Waals surface area contributed by atoms with Crippen molar-refractivity contribution >= 4 is 33.9 Å². The summed E-state index contributed by atoms with van der Waals surface area (Å²) in [5.41, 5.74) is 1.39. The molecule has 0 aliphatic carbocycles. The molecule has 1 amide bonds. The zero-order valence-corrected chi connectivity index (χ0v) is 25.8. The normalized spacial score (nSPS) is 14.0. The number of nitrogens with zero attached hydrogens (tertiary/aromatic N) is 1. The molecule has 0 aromatic heterocycles. The molecule has 1 aliphatic heterocycles. The number of Topliss-reactive ketones (excluding diaryl/α,β-unsaturated/α-hetero) is 2. The third-order valence-electron chi connectivity index (χ3n) is 7.56. The quantitative estimate of drug-likeness (QED) is 0.163. The van der Waals surface area contributed by atoms with E-state index in [1.54, 1.807) is 31.4 Å². The lowest BCUT2D eigenvalue weighted by atomic mass is 9.84. The minimum absolute atomic E-state index is 0.128. The van der Waals surface area contributed by atoms with Crippen LogP contribution in [0.5, 0.6) is 11.5 Å². The van der Waals surface area contributed by atoms with Gasteiger partial charge in [0.25, 0.3) is 11.7 Å². The number of benzene rings is 3. The highest BCUT2D eigenvalue weighted by Crippen LogP contribution is 2.37. The van der Waals surface area contributed by atoms with Gasteiger partial charge < -0.3 is 24.3 Å². The second-order valence-corrected chi connectivity index (χ2v) is 11.6. The second-order valence-electron chi connectivity index (χ2n) is 11.6. The van der Waals surface area contributed by atoms with Crippen LogP contribution in [0.4, 0.5) is 5.69 Å². The number of methoxy groups -OCH3 is 2. The summed E-state index contributed by atoms with van der Waals surface area (Å²) in [7, 11) is 3.03. The fraction of sp³-hybridized carbons (Fsp3) is 0.441. The first-order valence-electron chi connectivity index (χ1n) is 14.7. The number of carbonyl (C=O) groups is 3. The summed E-state index contributed by atoms with van der Waals surface area (Å²) in [5, 5.41) is 4.12. The van der Waals surface area contributed by atoms with E-state index in [-0.39, 0.29) is 34.6 Å². The van der Waals surface area contributed by atoms with Crippen LogP contribution in [-0.2, 0) is 19.7 Å². The highest BCUT2D eigenvalue weighted by atomic mass is 16.5. The average Bonchev–Trinajstić information content (AvgIpc) is 3.00. The molecule has 9 heteroatoms. The van der Waals surface area contributed by atoms with Crippen LogP contribution in [0.25, 0.3) is 10.8 Å². The molecule has 9 nitrogen and oxygen atoms in total. The number of nitrogens with one attached hydrogen (secondary N) is 1. The number of amides is 1. The van der Waals surface area contributed by atoms with Gasteiger partial charge in [-0.15, -0.1) is 0 Å². The van der Waals surface area contributed by atoms with Crippen LogP contribution in [0.15, 0.2) is 48.5 Å². The zero-order valence-electron chi connectivity index (χ0n) is 25.8. The Labute approximate surface area is 253 Å². The van der Waals surface area contributed by atoms with E-state index < -0.39 is 11.7 Å². The first-order chi connectivity index (χ1) is 20.6. The van der Waals surface area contributed by atoms with Gasteiger partial charge in [0.2, 0.25) is 0 Å². The molecule has 0 atom stereocenters. The summed E-state index contributed by atoms with van der Waals surface area (Å²) in [6.45, 7) is 11.0. The Morgan fingerprint density at radius 1 is 0.930 bits per heavy atom. The molecule has 3 aromatic rings. The van der Waals surface area contributed by atoms with E-state index in [1.807, 2.05) is 45.0 Å². The number of hydrogen-bond acceptors (Lipinski definition) is 8. The average molecular weight is 591 g/mol. The summed E-state index contributed by atoms with van der Waals surface area (Å²) < 4.78 is 22.2. The maximum Gasteiger partial charge on any atom is 0.296 e. The summed E-state index contributed by atoms with van der Waals surface area (Å²) >= 11 is 0. The van der Waals surface area contributed by atoms with Crippen LogP contribution < -0.4 is 14.8 Å². The van der Waals surface area contributed by atoms with Crippen molar-refractivity contribution in [3.63, 3.8) is 0 Å². The van der Waals surface area contributed by atoms with Crippen molar-refractivity contribution in [2.75, 3.05) is 65.6 Å². The fourth-order valence-electron chi connectivity index (χ4n) is 5.10. The summed E-state index contributed by atoms with van der Waals surface area (Å²) in [6.07, 6.45) is 0.815. The lowest BCUT2D eigenvalue weighted by Gasteiger charge is -2.26. The second kappa shape index (κ2) is 14.6. The Hall–Kier alpha value is -3.79. The molecule has 1 N–H and O–H groups in total. The van der Waals surface area contributed by atoms with Crippen LogP contribution in [0.2, 0.25) is 0 Å². The maximum atomic E-state index is 13.6. The van der Waals surface area contributed by atoms with Crippen molar-refractivity contribution in [3.8, 4) is 11.5 Å². The van der Waals surface area contributed by atoms with Crippen molar-refractivity contribution in [1.82, 2.24) is 4.90 Å². The van der Waals surface area contributed by atoms with Crippen molar-refractivity contribution in [1.29, 1.82) is 0 Å². The molecular weight excluding hydrogens is 548 g/mol. The van der Waals surface area contributed by atoms with Gasteiger partial charge in [-0.25, -0.2) is 0 Å². The summed E-state index contributed by atoms with van der Waals surface area (Å²) in [6, 6.07) is 14.3. The predicted molar refractivity (Wildman–Crippen MR) is 167 cm³/mol. The monoisotopic (exact) mass is 590 g/mol. The minimum atomic E-state index is -0.826. The molecule has 0 saturated carbocycles. The van der Waals surface area contributed by atoms with Crippen LogP contribution in [0, 0.1) is 0 Å². The van der Waals surface area contributed by atoms with E-state index in [0.717, 1.165) is 43.8 Å². The number of hydrogen-bond donors (Lipinski definition) is 1. The van der Waals surface area contributed by atoms with Gasteiger partial charge in [-0.3, -0.25) is 19.3 Å². The van der Waals surface area contributed by atoms with Gasteiger partial charge in [-0.05, 0) is 47.1 Å². The van der Waals surface area contributed by atoms with Crippen LogP contribution in [-0.4, -0.2) is 82.7 Å². The predicted octanol–water partition coefficient (Wildman–Crippen LogP) is 5.29. The molecule has 0 radical (unpaired) electrons.